The molecule has 0 saturated carbocycles. The second-order valence-corrected chi connectivity index (χ2v) is 1.08. The number of carbonyl (C=O) groups is 1. The van der Waals surface area contributed by atoms with E-state index in [0.717, 1.165) is 0 Å². The van der Waals surface area contributed by atoms with Crippen molar-refractivity contribution in [2.24, 2.45) is 11.5 Å². The number of aromatic nitrogens is 1. The van der Waals surface area contributed by atoms with E-state index in [1.54, 1.807) is 6.20 Å². The lowest BCUT2D eigenvalue weighted by Gasteiger charge is -1.62. The molecular formula is C4H7N3O2. The normalized spacial score (nSPS) is 7.11. The van der Waals surface area contributed by atoms with Crippen LogP contribution in [0.4, 0.5) is 4.79 Å². The van der Waals surface area contributed by atoms with Crippen molar-refractivity contribution in [3.8, 4) is 0 Å². The molecule has 4 N–H and O–H groups in total. The van der Waals surface area contributed by atoms with Gasteiger partial charge in [0.05, 0.1) is 6.20 Å². The van der Waals surface area contributed by atoms with E-state index in [4.69, 9.17) is 4.79 Å². The second-order valence-electron chi connectivity index (χ2n) is 1.08. The molecule has 5 heteroatoms. The summed E-state index contributed by atoms with van der Waals surface area (Å²) in [6.07, 6.45) is 4.47. The monoisotopic (exact) mass is 129 g/mol. The number of rotatable bonds is 0. The highest BCUT2D eigenvalue weighted by molar-refractivity contribution is 5.69. The van der Waals surface area contributed by atoms with Gasteiger partial charge in [-0.3, -0.25) is 0 Å². The maximum atomic E-state index is 9.00. The van der Waals surface area contributed by atoms with Crippen molar-refractivity contribution in [3.63, 3.8) is 0 Å². The SMILES string of the molecule is NC(N)=O.c1cocn1. The van der Waals surface area contributed by atoms with Crippen LogP contribution in [0.1, 0.15) is 0 Å². The maximum Gasteiger partial charge on any atom is 0.309 e. The van der Waals surface area contributed by atoms with Gasteiger partial charge in [0.2, 0.25) is 0 Å². The predicted molar refractivity (Wildman–Crippen MR) is 30.3 cm³/mol. The Balaban J connectivity index is 0.000000148. The van der Waals surface area contributed by atoms with Gasteiger partial charge >= 0.3 is 6.03 Å². The summed E-state index contributed by atoms with van der Waals surface area (Å²) >= 11 is 0. The molecule has 5 nitrogen and oxygen atoms in total. The van der Waals surface area contributed by atoms with Gasteiger partial charge in [0.1, 0.15) is 6.26 Å². The molecule has 1 rings (SSSR count). The predicted octanol–water partition coefficient (Wildman–Crippen LogP) is -0.302. The molecule has 0 unspecified atom stereocenters. The van der Waals surface area contributed by atoms with Crippen molar-refractivity contribution < 1.29 is 9.21 Å². The second kappa shape index (κ2) is 4.63. The number of primary amides is 2. The molecule has 1 heterocycles. The first kappa shape index (κ1) is 7.48. The zero-order valence-electron chi connectivity index (χ0n) is 4.65. The molecule has 0 bridgehead atoms. The fraction of sp³-hybridized carbons (Fsp3) is 0. The molecule has 0 saturated heterocycles. The highest BCUT2D eigenvalue weighted by Crippen LogP contribution is 1.72. The summed E-state index contributed by atoms with van der Waals surface area (Å²) in [6.45, 7) is 0. The average molecular weight is 129 g/mol. The number of nitrogens with zero attached hydrogens (tertiary/aromatic N) is 1. The summed E-state index contributed by atoms with van der Waals surface area (Å²) in [7, 11) is 0. The van der Waals surface area contributed by atoms with Crippen molar-refractivity contribution in [1.82, 2.24) is 4.98 Å². The molecule has 0 spiro atoms. The molecule has 0 aromatic carbocycles. The summed E-state index contributed by atoms with van der Waals surface area (Å²) in [6, 6.07) is -0.833. The molecule has 0 fully saturated rings. The van der Waals surface area contributed by atoms with Gasteiger partial charge in [-0.05, 0) is 0 Å². The van der Waals surface area contributed by atoms with Gasteiger partial charge in [-0.1, -0.05) is 0 Å². The Morgan fingerprint density at radius 2 is 2.11 bits per heavy atom. The Hall–Kier alpha value is -1.52. The molecule has 0 aliphatic carbocycles. The lowest BCUT2D eigenvalue weighted by Crippen LogP contribution is -2.18. The first-order valence-electron chi connectivity index (χ1n) is 2.10. The number of amides is 2. The smallest absolute Gasteiger partial charge is 0.309 e. The van der Waals surface area contributed by atoms with Crippen molar-refractivity contribution in [2.45, 2.75) is 0 Å². The number of urea groups is 1. The molecule has 1 aromatic rings. The van der Waals surface area contributed by atoms with E-state index in [1.165, 1.54) is 12.7 Å². The van der Waals surface area contributed by atoms with Gasteiger partial charge in [0, 0.05) is 0 Å². The molecule has 0 radical (unpaired) electrons. The van der Waals surface area contributed by atoms with Crippen LogP contribution in [-0.4, -0.2) is 11.0 Å². The van der Waals surface area contributed by atoms with Crippen LogP contribution < -0.4 is 11.5 Å². The molecular weight excluding hydrogens is 122 g/mol. The lowest BCUT2D eigenvalue weighted by atomic mass is 11.0. The molecule has 9 heavy (non-hydrogen) atoms. The Morgan fingerprint density at radius 3 is 2.22 bits per heavy atom. The van der Waals surface area contributed by atoms with E-state index in [2.05, 4.69) is 20.9 Å². The summed E-state index contributed by atoms with van der Waals surface area (Å²) in [5.74, 6) is 0. The van der Waals surface area contributed by atoms with Crippen LogP contribution in [0.2, 0.25) is 0 Å². The number of carbonyl (C=O) groups excluding carboxylic acids is 1. The van der Waals surface area contributed by atoms with Crippen LogP contribution >= 0.6 is 0 Å². The molecule has 0 aliphatic heterocycles. The van der Waals surface area contributed by atoms with E-state index in [0.29, 0.717) is 0 Å². The van der Waals surface area contributed by atoms with Crippen LogP contribution in [0.3, 0.4) is 0 Å². The minimum atomic E-state index is -0.833. The largest absolute Gasteiger partial charge is 0.452 e. The lowest BCUT2D eigenvalue weighted by molar-refractivity contribution is 0.256. The Labute approximate surface area is 51.7 Å². The van der Waals surface area contributed by atoms with E-state index in [-0.39, 0.29) is 0 Å². The van der Waals surface area contributed by atoms with Crippen molar-refractivity contribution in [1.29, 1.82) is 0 Å². The minimum absolute atomic E-state index is 0.833. The highest BCUT2D eigenvalue weighted by Gasteiger charge is 1.60. The number of oxazole rings is 1. The van der Waals surface area contributed by atoms with Gasteiger partial charge in [0.25, 0.3) is 0 Å². The third kappa shape index (κ3) is 10.7. The number of nitrogens with two attached hydrogens (primary N) is 2. The zero-order chi connectivity index (χ0) is 7.11. The fourth-order valence-corrected chi connectivity index (χ4v) is 0.176. The summed E-state index contributed by atoms with van der Waals surface area (Å²) in [5.41, 5.74) is 8.50. The fourth-order valence-electron chi connectivity index (χ4n) is 0.176. The molecule has 2 amide bonds. The number of hydrogen-bond acceptors (Lipinski definition) is 3. The van der Waals surface area contributed by atoms with Crippen LogP contribution in [0.25, 0.3) is 0 Å². The quantitative estimate of drug-likeness (QED) is 0.503. The number of hydrogen-bond donors (Lipinski definition) is 2. The van der Waals surface area contributed by atoms with Gasteiger partial charge < -0.3 is 15.9 Å². The summed E-state index contributed by atoms with van der Waals surface area (Å²) < 4.78 is 4.47. The van der Waals surface area contributed by atoms with E-state index in [9.17, 15) is 0 Å². The first-order valence-corrected chi connectivity index (χ1v) is 2.10. The van der Waals surface area contributed by atoms with E-state index in [1.807, 2.05) is 0 Å². The van der Waals surface area contributed by atoms with E-state index < -0.39 is 6.03 Å². The highest BCUT2D eigenvalue weighted by atomic mass is 16.3. The van der Waals surface area contributed by atoms with Gasteiger partial charge in [-0.2, -0.15) is 0 Å². The molecule has 50 valence electrons. The Kier molecular flexibility index (Phi) is 3.85. The van der Waals surface area contributed by atoms with Crippen molar-refractivity contribution >= 4 is 6.03 Å². The maximum absolute atomic E-state index is 9.00. The van der Waals surface area contributed by atoms with Crippen LogP contribution in [0.5, 0.6) is 0 Å². The van der Waals surface area contributed by atoms with Gasteiger partial charge in [-0.25, -0.2) is 9.78 Å². The molecule has 0 aliphatic rings. The Morgan fingerprint density at radius 1 is 1.56 bits per heavy atom. The van der Waals surface area contributed by atoms with Gasteiger partial charge in [-0.15, -0.1) is 0 Å². The molecule has 1 aromatic heterocycles. The first-order chi connectivity index (χ1) is 4.23. The molecule has 0 atom stereocenters. The third-order valence-electron chi connectivity index (χ3n) is 0.347. The van der Waals surface area contributed by atoms with Gasteiger partial charge in [0.15, 0.2) is 6.39 Å². The average Bonchev–Trinajstić information content (AvgIpc) is 2.11. The topological polar surface area (TPSA) is 95.1 Å². The van der Waals surface area contributed by atoms with Crippen LogP contribution in [0, 0.1) is 0 Å². The zero-order valence-corrected chi connectivity index (χ0v) is 4.65. The summed E-state index contributed by atoms with van der Waals surface area (Å²) in [4.78, 5) is 12.6. The van der Waals surface area contributed by atoms with Crippen molar-refractivity contribution in [2.75, 3.05) is 0 Å². The summed E-state index contributed by atoms with van der Waals surface area (Å²) in [5, 5.41) is 0. The Bertz CT molecular complexity index is 128. The van der Waals surface area contributed by atoms with Crippen LogP contribution in [0.15, 0.2) is 23.3 Å². The third-order valence-corrected chi connectivity index (χ3v) is 0.347. The minimum Gasteiger partial charge on any atom is -0.452 e. The van der Waals surface area contributed by atoms with E-state index >= 15 is 0 Å². The van der Waals surface area contributed by atoms with Crippen LogP contribution in [-0.2, 0) is 0 Å². The van der Waals surface area contributed by atoms with Crippen molar-refractivity contribution in [3.05, 3.63) is 18.9 Å². The standard InChI is InChI=1S/C3H3NO.CH4N2O/c1-2-5-3-4-1;2-1(3)4/h1-3H;(H4,2,3,4).